The Hall–Kier alpha value is -0.860. The predicted octanol–water partition coefficient (Wildman–Crippen LogP) is 3.22. The van der Waals surface area contributed by atoms with Crippen LogP contribution in [0.3, 0.4) is 0 Å². The second kappa shape index (κ2) is 6.53. The molecule has 1 aliphatic rings. The topological polar surface area (TPSA) is 38.0 Å². The smallest absolute Gasteiger partial charge is 0.0208 e. The van der Waals surface area contributed by atoms with Crippen molar-refractivity contribution in [3.05, 3.63) is 34.4 Å². The molecule has 1 aromatic rings. The SMILES string of the molecule is Cc1cc(C)c(CNCC2CCC(N)CC2)cc1C. The summed E-state index contributed by atoms with van der Waals surface area (Å²) < 4.78 is 0. The molecule has 106 valence electrons. The minimum Gasteiger partial charge on any atom is -0.328 e. The van der Waals surface area contributed by atoms with Crippen LogP contribution in [0.25, 0.3) is 0 Å². The highest BCUT2D eigenvalue weighted by Gasteiger charge is 2.17. The van der Waals surface area contributed by atoms with Crippen molar-refractivity contribution in [3.63, 3.8) is 0 Å². The van der Waals surface area contributed by atoms with E-state index in [4.69, 9.17) is 5.73 Å². The molecule has 2 nitrogen and oxygen atoms in total. The molecule has 0 heterocycles. The zero-order valence-corrected chi connectivity index (χ0v) is 12.6. The van der Waals surface area contributed by atoms with Gasteiger partial charge in [-0.2, -0.15) is 0 Å². The highest BCUT2D eigenvalue weighted by Crippen LogP contribution is 2.22. The summed E-state index contributed by atoms with van der Waals surface area (Å²) in [7, 11) is 0. The van der Waals surface area contributed by atoms with Crippen LogP contribution in [0.5, 0.6) is 0 Å². The van der Waals surface area contributed by atoms with Crippen molar-refractivity contribution in [2.75, 3.05) is 6.54 Å². The Morgan fingerprint density at radius 1 is 1.00 bits per heavy atom. The molecule has 0 bridgehead atoms. The largest absolute Gasteiger partial charge is 0.328 e. The molecular formula is C17H28N2. The van der Waals surface area contributed by atoms with Crippen molar-refractivity contribution in [2.24, 2.45) is 11.7 Å². The molecule has 1 saturated carbocycles. The highest BCUT2D eigenvalue weighted by molar-refractivity contribution is 5.36. The lowest BCUT2D eigenvalue weighted by molar-refractivity contribution is 0.314. The molecule has 0 atom stereocenters. The summed E-state index contributed by atoms with van der Waals surface area (Å²) in [5.74, 6) is 0.826. The van der Waals surface area contributed by atoms with Crippen LogP contribution in [0.15, 0.2) is 12.1 Å². The maximum Gasteiger partial charge on any atom is 0.0208 e. The predicted molar refractivity (Wildman–Crippen MR) is 82.3 cm³/mol. The number of rotatable bonds is 4. The number of hydrogen-bond donors (Lipinski definition) is 2. The van der Waals surface area contributed by atoms with Gasteiger partial charge in [0.1, 0.15) is 0 Å². The molecule has 0 aliphatic heterocycles. The van der Waals surface area contributed by atoms with E-state index in [1.807, 2.05) is 0 Å². The van der Waals surface area contributed by atoms with E-state index in [1.165, 1.54) is 47.9 Å². The van der Waals surface area contributed by atoms with Gasteiger partial charge in [-0.1, -0.05) is 12.1 Å². The minimum atomic E-state index is 0.457. The standard InChI is InChI=1S/C17H28N2/c1-12-8-14(3)16(9-13(12)2)11-19-10-15-4-6-17(18)7-5-15/h8-9,15,17,19H,4-7,10-11,18H2,1-3H3. The average molecular weight is 260 g/mol. The Bertz CT molecular complexity index is 418. The summed E-state index contributed by atoms with van der Waals surface area (Å²) in [6, 6.07) is 5.08. The molecule has 0 radical (unpaired) electrons. The lowest BCUT2D eigenvalue weighted by atomic mass is 9.86. The van der Waals surface area contributed by atoms with Crippen molar-refractivity contribution in [1.82, 2.24) is 5.32 Å². The van der Waals surface area contributed by atoms with E-state index in [0.717, 1.165) is 19.0 Å². The zero-order chi connectivity index (χ0) is 13.8. The summed E-state index contributed by atoms with van der Waals surface area (Å²) in [6.07, 6.45) is 4.99. The maximum absolute atomic E-state index is 5.95. The van der Waals surface area contributed by atoms with Crippen molar-refractivity contribution < 1.29 is 0 Å². The molecule has 1 aliphatic carbocycles. The fourth-order valence-electron chi connectivity index (χ4n) is 3.01. The highest BCUT2D eigenvalue weighted by atomic mass is 14.9. The summed E-state index contributed by atoms with van der Waals surface area (Å²) in [5, 5.41) is 3.63. The van der Waals surface area contributed by atoms with Crippen molar-refractivity contribution in [3.8, 4) is 0 Å². The van der Waals surface area contributed by atoms with Crippen molar-refractivity contribution >= 4 is 0 Å². The van der Waals surface area contributed by atoms with E-state index in [-0.39, 0.29) is 0 Å². The second-order valence-electron chi connectivity index (χ2n) is 6.27. The normalized spacial score (nSPS) is 23.6. The van der Waals surface area contributed by atoms with Gasteiger partial charge in [0.2, 0.25) is 0 Å². The van der Waals surface area contributed by atoms with Crippen LogP contribution >= 0.6 is 0 Å². The third-order valence-electron chi connectivity index (χ3n) is 4.59. The molecular weight excluding hydrogens is 232 g/mol. The van der Waals surface area contributed by atoms with Gasteiger partial charge in [0.25, 0.3) is 0 Å². The van der Waals surface area contributed by atoms with E-state index in [2.05, 4.69) is 38.2 Å². The monoisotopic (exact) mass is 260 g/mol. The lowest BCUT2D eigenvalue weighted by Gasteiger charge is -2.26. The molecule has 0 amide bonds. The van der Waals surface area contributed by atoms with Crippen LogP contribution in [0.4, 0.5) is 0 Å². The van der Waals surface area contributed by atoms with E-state index < -0.39 is 0 Å². The van der Waals surface area contributed by atoms with Crippen molar-refractivity contribution in [1.29, 1.82) is 0 Å². The Morgan fingerprint density at radius 3 is 2.32 bits per heavy atom. The van der Waals surface area contributed by atoms with E-state index in [9.17, 15) is 0 Å². The third-order valence-corrected chi connectivity index (χ3v) is 4.59. The zero-order valence-electron chi connectivity index (χ0n) is 12.6. The van der Waals surface area contributed by atoms with Gasteiger partial charge in [-0.3, -0.25) is 0 Å². The molecule has 19 heavy (non-hydrogen) atoms. The Kier molecular flexibility index (Phi) is 5.00. The molecule has 3 N–H and O–H groups in total. The first-order chi connectivity index (χ1) is 9.06. The summed E-state index contributed by atoms with van der Waals surface area (Å²) in [5.41, 5.74) is 11.6. The number of nitrogens with one attached hydrogen (secondary N) is 1. The van der Waals surface area contributed by atoms with Gasteiger partial charge >= 0.3 is 0 Å². The van der Waals surface area contributed by atoms with Crippen LogP contribution in [0.2, 0.25) is 0 Å². The lowest BCUT2D eigenvalue weighted by Crippen LogP contribution is -2.31. The van der Waals surface area contributed by atoms with Gasteiger partial charge in [0.15, 0.2) is 0 Å². The Morgan fingerprint density at radius 2 is 1.63 bits per heavy atom. The summed E-state index contributed by atoms with van der Waals surface area (Å²) in [4.78, 5) is 0. The average Bonchev–Trinajstić information content (AvgIpc) is 2.38. The molecule has 0 spiro atoms. The van der Waals surface area contributed by atoms with E-state index in [0.29, 0.717) is 6.04 Å². The molecule has 0 aromatic heterocycles. The van der Waals surface area contributed by atoms with E-state index in [1.54, 1.807) is 0 Å². The van der Waals surface area contributed by atoms with Crippen LogP contribution in [-0.2, 0) is 6.54 Å². The van der Waals surface area contributed by atoms with Gasteiger partial charge < -0.3 is 11.1 Å². The molecule has 1 aromatic carbocycles. The molecule has 0 saturated heterocycles. The number of nitrogens with two attached hydrogens (primary N) is 1. The second-order valence-corrected chi connectivity index (χ2v) is 6.27. The Balaban J connectivity index is 1.81. The van der Waals surface area contributed by atoms with E-state index >= 15 is 0 Å². The van der Waals surface area contributed by atoms with Crippen LogP contribution < -0.4 is 11.1 Å². The summed E-state index contributed by atoms with van der Waals surface area (Å²) >= 11 is 0. The van der Waals surface area contributed by atoms with Crippen LogP contribution in [0, 0.1) is 26.7 Å². The number of benzene rings is 1. The first kappa shape index (κ1) is 14.5. The Labute approximate surface area is 117 Å². The minimum absolute atomic E-state index is 0.457. The fourth-order valence-corrected chi connectivity index (χ4v) is 3.01. The third kappa shape index (κ3) is 4.05. The maximum atomic E-state index is 5.95. The van der Waals surface area contributed by atoms with Crippen molar-refractivity contribution in [2.45, 2.75) is 59.0 Å². The quantitative estimate of drug-likeness (QED) is 0.872. The molecule has 2 rings (SSSR count). The first-order valence-electron chi connectivity index (χ1n) is 7.59. The van der Waals surface area contributed by atoms with Gasteiger partial charge in [0, 0.05) is 12.6 Å². The number of hydrogen-bond acceptors (Lipinski definition) is 2. The van der Waals surface area contributed by atoms with Crippen LogP contribution in [0.1, 0.15) is 47.9 Å². The molecule has 2 heteroatoms. The van der Waals surface area contributed by atoms with Crippen LogP contribution in [-0.4, -0.2) is 12.6 Å². The first-order valence-corrected chi connectivity index (χ1v) is 7.59. The molecule has 1 fully saturated rings. The fraction of sp³-hybridized carbons (Fsp3) is 0.647. The molecule has 0 unspecified atom stereocenters. The van der Waals surface area contributed by atoms with Gasteiger partial charge in [-0.05, 0) is 81.2 Å². The van der Waals surface area contributed by atoms with Gasteiger partial charge in [0.05, 0.1) is 0 Å². The van der Waals surface area contributed by atoms with Gasteiger partial charge in [-0.25, -0.2) is 0 Å². The van der Waals surface area contributed by atoms with Gasteiger partial charge in [-0.15, -0.1) is 0 Å². The number of aryl methyl sites for hydroxylation is 3. The summed E-state index contributed by atoms with van der Waals surface area (Å²) in [6.45, 7) is 8.73.